The van der Waals surface area contributed by atoms with E-state index in [4.69, 9.17) is 5.10 Å². The summed E-state index contributed by atoms with van der Waals surface area (Å²) in [6.07, 6.45) is 1.87. The molecule has 0 fully saturated rings. The van der Waals surface area contributed by atoms with E-state index in [-0.39, 0.29) is 5.41 Å². The van der Waals surface area contributed by atoms with Crippen LogP contribution in [-0.2, 0) is 18.3 Å². The fourth-order valence-electron chi connectivity index (χ4n) is 9.23. The van der Waals surface area contributed by atoms with Gasteiger partial charge in [0, 0.05) is 27.9 Å². The fraction of sp³-hybridized carbons (Fsp3) is 0.0943. The molecule has 0 spiro atoms. The molecule has 0 radical (unpaired) electrons. The fourth-order valence-corrected chi connectivity index (χ4v) is 9.23. The molecule has 0 bridgehead atoms. The number of fused-ring (bicyclic) bond motifs is 5. The van der Waals surface area contributed by atoms with Crippen molar-refractivity contribution in [2.75, 3.05) is 4.90 Å². The largest absolute Gasteiger partial charge is 0.310 e. The van der Waals surface area contributed by atoms with Gasteiger partial charge in [-0.25, -0.2) is 0 Å². The zero-order valence-electron chi connectivity index (χ0n) is 32.0. The van der Waals surface area contributed by atoms with Crippen molar-refractivity contribution in [2.45, 2.75) is 32.1 Å². The lowest BCUT2D eigenvalue weighted by atomic mass is 9.73. The third-order valence-corrected chi connectivity index (χ3v) is 12.2. The van der Waals surface area contributed by atoms with E-state index in [0.29, 0.717) is 0 Å². The molecule has 0 N–H and O–H groups in total. The third kappa shape index (κ3) is 5.51. The smallest absolute Gasteiger partial charge is 0.168 e. The number of hydrogen-bond acceptors (Lipinski definition) is 3. The van der Waals surface area contributed by atoms with E-state index in [1.54, 1.807) is 0 Å². The minimum Gasteiger partial charge on any atom is -0.310 e. The summed E-state index contributed by atoms with van der Waals surface area (Å²) in [5, 5.41) is 11.9. The van der Waals surface area contributed by atoms with Gasteiger partial charge in [-0.05, 0) is 111 Å². The normalized spacial score (nSPS) is 13.8. The standard InChI is InChI=1S/C53H40N4/c1-53(2)47-17-9-11-19-49(47)56(50-20-12-10-18-48(50)53)46-28-27-40-31-42-32-41-29-38(25-26-39(41)30-43(42)33-44(40)34-46)35-21-23-37(24-22-35)52-55-54-51(36-13-5-3-6-14-36)57(52)45-15-7-4-8-16-45/h3-30,32,34H,31,33H2,1-2H3. The molecule has 1 aliphatic heterocycles. The van der Waals surface area contributed by atoms with E-state index in [9.17, 15) is 0 Å². The minimum absolute atomic E-state index is 0.0704. The molecule has 2 heterocycles. The number of rotatable bonds is 5. The summed E-state index contributed by atoms with van der Waals surface area (Å²) in [5.41, 5.74) is 17.5. The van der Waals surface area contributed by atoms with Crippen LogP contribution in [0.4, 0.5) is 17.1 Å². The van der Waals surface area contributed by atoms with Crippen LogP contribution in [0.15, 0.2) is 182 Å². The molecule has 4 nitrogen and oxygen atoms in total. The van der Waals surface area contributed by atoms with Gasteiger partial charge in [-0.15, -0.1) is 10.2 Å². The lowest BCUT2D eigenvalue weighted by molar-refractivity contribution is 0.632. The molecule has 0 saturated heterocycles. The van der Waals surface area contributed by atoms with Crippen molar-refractivity contribution >= 4 is 27.8 Å². The number of anilines is 3. The van der Waals surface area contributed by atoms with E-state index < -0.39 is 0 Å². The van der Waals surface area contributed by atoms with Gasteiger partial charge in [-0.3, -0.25) is 4.57 Å². The molecule has 2 aliphatic rings. The van der Waals surface area contributed by atoms with Crippen LogP contribution in [-0.4, -0.2) is 14.8 Å². The SMILES string of the molecule is CC1(C)c2ccccc2N(c2ccc3c(c2)Cc2cc4ccc(-c5ccc(-c6nnc(-c7ccccc7)n6-c6ccccc6)cc5)cc4cc2C3)c2ccccc21. The Labute approximate surface area is 333 Å². The van der Waals surface area contributed by atoms with Crippen LogP contribution in [0, 0.1) is 0 Å². The monoisotopic (exact) mass is 732 g/mol. The van der Waals surface area contributed by atoms with Crippen LogP contribution in [0.2, 0.25) is 0 Å². The molecule has 1 aromatic heterocycles. The summed E-state index contributed by atoms with van der Waals surface area (Å²) in [6, 6.07) is 66.0. The van der Waals surface area contributed by atoms with Gasteiger partial charge in [0.1, 0.15) is 0 Å². The molecule has 9 aromatic rings. The first kappa shape index (κ1) is 33.3. The Hall–Kier alpha value is -7.04. The first-order chi connectivity index (χ1) is 28.0. The average Bonchev–Trinajstić information content (AvgIpc) is 3.71. The van der Waals surface area contributed by atoms with Crippen molar-refractivity contribution in [2.24, 2.45) is 0 Å². The van der Waals surface area contributed by atoms with E-state index >= 15 is 0 Å². The quantitative estimate of drug-likeness (QED) is 0.177. The number of para-hydroxylation sites is 3. The number of hydrogen-bond donors (Lipinski definition) is 0. The molecular formula is C53H40N4. The molecule has 8 aromatic carbocycles. The molecule has 0 atom stereocenters. The van der Waals surface area contributed by atoms with Crippen molar-refractivity contribution < 1.29 is 0 Å². The third-order valence-electron chi connectivity index (χ3n) is 12.2. The Morgan fingerprint density at radius 2 is 0.930 bits per heavy atom. The van der Waals surface area contributed by atoms with Gasteiger partial charge in [0.2, 0.25) is 0 Å². The summed E-state index contributed by atoms with van der Waals surface area (Å²) < 4.78 is 2.15. The van der Waals surface area contributed by atoms with E-state index in [2.05, 4.69) is 186 Å². The summed E-state index contributed by atoms with van der Waals surface area (Å²) in [7, 11) is 0. The predicted molar refractivity (Wildman–Crippen MR) is 234 cm³/mol. The van der Waals surface area contributed by atoms with Crippen LogP contribution in [0.1, 0.15) is 47.2 Å². The number of benzene rings is 8. The Morgan fingerprint density at radius 1 is 0.404 bits per heavy atom. The maximum Gasteiger partial charge on any atom is 0.168 e. The number of nitrogens with zero attached hydrogens (tertiary/aromatic N) is 4. The topological polar surface area (TPSA) is 34.0 Å². The first-order valence-electron chi connectivity index (χ1n) is 19.8. The van der Waals surface area contributed by atoms with Gasteiger partial charge in [0.05, 0.1) is 11.4 Å². The van der Waals surface area contributed by atoms with Crippen molar-refractivity contribution in [3.63, 3.8) is 0 Å². The molecule has 0 saturated carbocycles. The highest BCUT2D eigenvalue weighted by Crippen LogP contribution is 2.52. The molecule has 0 unspecified atom stereocenters. The molecule has 272 valence electrons. The van der Waals surface area contributed by atoms with Crippen molar-refractivity contribution in [3.05, 3.63) is 215 Å². The van der Waals surface area contributed by atoms with Gasteiger partial charge in [-0.2, -0.15) is 0 Å². The lowest BCUT2D eigenvalue weighted by Gasteiger charge is -2.42. The summed E-state index contributed by atoms with van der Waals surface area (Å²) >= 11 is 0. The number of aromatic nitrogens is 3. The van der Waals surface area contributed by atoms with Crippen LogP contribution >= 0.6 is 0 Å². The Morgan fingerprint density at radius 3 is 1.61 bits per heavy atom. The highest BCUT2D eigenvalue weighted by Gasteiger charge is 2.36. The van der Waals surface area contributed by atoms with Gasteiger partial charge >= 0.3 is 0 Å². The second-order valence-electron chi connectivity index (χ2n) is 15.9. The average molecular weight is 733 g/mol. The minimum atomic E-state index is -0.0704. The molecule has 11 rings (SSSR count). The van der Waals surface area contributed by atoms with E-state index in [1.165, 1.54) is 72.3 Å². The van der Waals surface area contributed by atoms with Gasteiger partial charge in [-0.1, -0.05) is 153 Å². The molecule has 57 heavy (non-hydrogen) atoms. The van der Waals surface area contributed by atoms with Crippen LogP contribution in [0.5, 0.6) is 0 Å². The summed E-state index contributed by atoms with van der Waals surface area (Å²) in [6.45, 7) is 4.69. The molecule has 0 amide bonds. The predicted octanol–water partition coefficient (Wildman–Crippen LogP) is 13.0. The molecular weight excluding hydrogens is 693 g/mol. The zero-order valence-corrected chi connectivity index (χ0v) is 32.0. The van der Waals surface area contributed by atoms with Gasteiger partial charge < -0.3 is 4.90 Å². The molecule has 1 aliphatic carbocycles. The summed E-state index contributed by atoms with van der Waals surface area (Å²) in [5.74, 6) is 1.64. The van der Waals surface area contributed by atoms with Crippen LogP contribution in [0.25, 0.3) is 50.4 Å². The Kier molecular flexibility index (Phi) is 7.62. The van der Waals surface area contributed by atoms with Crippen LogP contribution in [0.3, 0.4) is 0 Å². The van der Waals surface area contributed by atoms with Crippen molar-refractivity contribution in [3.8, 4) is 39.6 Å². The maximum atomic E-state index is 4.70. The maximum absolute atomic E-state index is 4.70. The highest BCUT2D eigenvalue weighted by atomic mass is 15.3. The van der Waals surface area contributed by atoms with Gasteiger partial charge in [0.15, 0.2) is 11.6 Å². The second-order valence-corrected chi connectivity index (χ2v) is 15.9. The van der Waals surface area contributed by atoms with Gasteiger partial charge in [0.25, 0.3) is 0 Å². The van der Waals surface area contributed by atoms with E-state index in [1.807, 2.05) is 24.3 Å². The van der Waals surface area contributed by atoms with E-state index in [0.717, 1.165) is 41.3 Å². The first-order valence-corrected chi connectivity index (χ1v) is 19.8. The Balaban J connectivity index is 0.897. The molecule has 4 heteroatoms. The zero-order chi connectivity index (χ0) is 38.1. The second kappa shape index (κ2) is 13.0. The Bertz CT molecular complexity index is 2930. The van der Waals surface area contributed by atoms with Crippen molar-refractivity contribution in [1.82, 2.24) is 14.8 Å². The van der Waals surface area contributed by atoms with Crippen molar-refractivity contribution in [1.29, 1.82) is 0 Å². The highest BCUT2D eigenvalue weighted by molar-refractivity contribution is 5.90. The van der Waals surface area contributed by atoms with Crippen LogP contribution < -0.4 is 4.90 Å². The lowest BCUT2D eigenvalue weighted by Crippen LogP contribution is -2.30. The summed E-state index contributed by atoms with van der Waals surface area (Å²) in [4.78, 5) is 2.47.